The standard InChI is InChI=1S/C17H14FNO2/c1-11(20)13-7-8-15(14(18)10-13)21-16-6-2-4-12-5-3-9-19-17(12)16/h2-11,20H,1H3/t11-/m1/s1. The lowest BCUT2D eigenvalue weighted by molar-refractivity contribution is 0.198. The van der Waals surface area contributed by atoms with Gasteiger partial charge in [0.2, 0.25) is 0 Å². The summed E-state index contributed by atoms with van der Waals surface area (Å²) in [7, 11) is 0. The number of ether oxygens (including phenoxy) is 1. The molecule has 21 heavy (non-hydrogen) atoms. The third-order valence-corrected chi connectivity index (χ3v) is 3.25. The largest absolute Gasteiger partial charge is 0.452 e. The quantitative estimate of drug-likeness (QED) is 0.782. The van der Waals surface area contributed by atoms with Gasteiger partial charge in [-0.3, -0.25) is 4.98 Å². The van der Waals surface area contributed by atoms with Crippen LogP contribution in [-0.4, -0.2) is 10.1 Å². The monoisotopic (exact) mass is 283 g/mol. The Balaban J connectivity index is 1.99. The van der Waals surface area contributed by atoms with Gasteiger partial charge in [0.1, 0.15) is 5.52 Å². The maximum absolute atomic E-state index is 14.0. The zero-order valence-electron chi connectivity index (χ0n) is 11.5. The van der Waals surface area contributed by atoms with Gasteiger partial charge in [-0.25, -0.2) is 4.39 Å². The lowest BCUT2D eigenvalue weighted by Gasteiger charge is -2.11. The van der Waals surface area contributed by atoms with Crippen molar-refractivity contribution in [3.05, 3.63) is 66.1 Å². The molecule has 1 heterocycles. The number of rotatable bonds is 3. The van der Waals surface area contributed by atoms with Crippen LogP contribution in [0.1, 0.15) is 18.6 Å². The van der Waals surface area contributed by atoms with Crippen molar-refractivity contribution in [3.63, 3.8) is 0 Å². The van der Waals surface area contributed by atoms with Crippen molar-refractivity contribution in [2.75, 3.05) is 0 Å². The highest BCUT2D eigenvalue weighted by Gasteiger charge is 2.10. The summed E-state index contributed by atoms with van der Waals surface area (Å²) in [5.74, 6) is 0.0932. The fourth-order valence-electron chi connectivity index (χ4n) is 2.14. The predicted octanol–water partition coefficient (Wildman–Crippen LogP) is 4.22. The van der Waals surface area contributed by atoms with Gasteiger partial charge >= 0.3 is 0 Å². The second-order valence-electron chi connectivity index (χ2n) is 4.80. The third kappa shape index (κ3) is 2.71. The maximum Gasteiger partial charge on any atom is 0.166 e. The average Bonchev–Trinajstić information content (AvgIpc) is 2.49. The molecule has 0 saturated carbocycles. The Morgan fingerprint density at radius 2 is 1.90 bits per heavy atom. The first-order valence-corrected chi connectivity index (χ1v) is 6.64. The molecule has 0 aliphatic carbocycles. The second kappa shape index (κ2) is 5.50. The molecule has 1 aromatic heterocycles. The normalized spacial score (nSPS) is 12.3. The predicted molar refractivity (Wildman–Crippen MR) is 78.9 cm³/mol. The number of aliphatic hydroxyl groups excluding tert-OH is 1. The molecule has 0 saturated heterocycles. The Bertz CT molecular complexity index is 781. The molecular weight excluding hydrogens is 269 g/mol. The van der Waals surface area contributed by atoms with Crippen LogP contribution in [0.2, 0.25) is 0 Å². The van der Waals surface area contributed by atoms with E-state index in [1.165, 1.54) is 12.1 Å². The molecule has 0 aliphatic rings. The number of pyridine rings is 1. The van der Waals surface area contributed by atoms with Crippen molar-refractivity contribution in [2.24, 2.45) is 0 Å². The SMILES string of the molecule is C[C@@H](O)c1ccc(Oc2cccc3cccnc23)c(F)c1. The van der Waals surface area contributed by atoms with Gasteiger partial charge in [0, 0.05) is 11.6 Å². The van der Waals surface area contributed by atoms with Crippen LogP contribution in [0.15, 0.2) is 54.7 Å². The van der Waals surface area contributed by atoms with Crippen LogP contribution in [0.25, 0.3) is 10.9 Å². The van der Waals surface area contributed by atoms with Crippen molar-refractivity contribution in [1.29, 1.82) is 0 Å². The summed E-state index contributed by atoms with van der Waals surface area (Å²) < 4.78 is 19.7. The van der Waals surface area contributed by atoms with Crippen LogP contribution < -0.4 is 4.74 Å². The number of hydrogen-bond donors (Lipinski definition) is 1. The molecule has 0 fully saturated rings. The number of nitrogens with zero attached hydrogens (tertiary/aromatic N) is 1. The molecular formula is C17H14FNO2. The van der Waals surface area contributed by atoms with Gasteiger partial charge in [0.25, 0.3) is 0 Å². The summed E-state index contributed by atoms with van der Waals surface area (Å²) in [6, 6.07) is 13.7. The summed E-state index contributed by atoms with van der Waals surface area (Å²) in [5, 5.41) is 10.4. The van der Waals surface area contributed by atoms with E-state index in [4.69, 9.17) is 4.74 Å². The molecule has 3 aromatic rings. The molecule has 0 amide bonds. The summed E-state index contributed by atoms with van der Waals surface area (Å²) >= 11 is 0. The summed E-state index contributed by atoms with van der Waals surface area (Å²) in [4.78, 5) is 4.27. The number of hydrogen-bond acceptors (Lipinski definition) is 3. The molecule has 0 spiro atoms. The van der Waals surface area contributed by atoms with Crippen molar-refractivity contribution >= 4 is 10.9 Å². The van der Waals surface area contributed by atoms with Crippen molar-refractivity contribution in [3.8, 4) is 11.5 Å². The van der Waals surface area contributed by atoms with Gasteiger partial charge in [-0.05, 0) is 36.8 Å². The van der Waals surface area contributed by atoms with E-state index in [9.17, 15) is 9.50 Å². The number of benzene rings is 2. The van der Waals surface area contributed by atoms with E-state index in [0.29, 0.717) is 16.8 Å². The minimum absolute atomic E-state index is 0.109. The minimum Gasteiger partial charge on any atom is -0.452 e. The van der Waals surface area contributed by atoms with E-state index in [-0.39, 0.29) is 5.75 Å². The zero-order valence-corrected chi connectivity index (χ0v) is 11.5. The first-order valence-electron chi connectivity index (χ1n) is 6.64. The Labute approximate surface area is 121 Å². The third-order valence-electron chi connectivity index (χ3n) is 3.25. The molecule has 0 bridgehead atoms. The van der Waals surface area contributed by atoms with E-state index in [0.717, 1.165) is 5.39 Å². The molecule has 2 aromatic carbocycles. The Morgan fingerprint density at radius 3 is 2.67 bits per heavy atom. The minimum atomic E-state index is -0.715. The Hall–Kier alpha value is -2.46. The van der Waals surface area contributed by atoms with Gasteiger partial charge in [0.05, 0.1) is 6.10 Å². The Kier molecular flexibility index (Phi) is 3.54. The molecule has 0 radical (unpaired) electrons. The summed E-state index contributed by atoms with van der Waals surface area (Å²) in [6.45, 7) is 1.59. The molecule has 3 rings (SSSR count). The van der Waals surface area contributed by atoms with Gasteiger partial charge in [-0.1, -0.05) is 24.3 Å². The van der Waals surface area contributed by atoms with Crippen molar-refractivity contribution < 1.29 is 14.2 Å². The summed E-state index contributed by atoms with van der Waals surface area (Å²) in [5.41, 5.74) is 1.19. The van der Waals surface area contributed by atoms with Crippen LogP contribution in [0.4, 0.5) is 4.39 Å². The lowest BCUT2D eigenvalue weighted by Crippen LogP contribution is -1.95. The van der Waals surface area contributed by atoms with E-state index in [2.05, 4.69) is 4.98 Å². The zero-order chi connectivity index (χ0) is 14.8. The first-order chi connectivity index (χ1) is 10.1. The second-order valence-corrected chi connectivity index (χ2v) is 4.80. The number of aromatic nitrogens is 1. The molecule has 3 nitrogen and oxygen atoms in total. The number of fused-ring (bicyclic) bond motifs is 1. The highest BCUT2D eigenvalue weighted by atomic mass is 19.1. The highest BCUT2D eigenvalue weighted by Crippen LogP contribution is 2.30. The van der Waals surface area contributed by atoms with Crippen LogP contribution in [0.5, 0.6) is 11.5 Å². The maximum atomic E-state index is 14.0. The van der Waals surface area contributed by atoms with Crippen LogP contribution in [-0.2, 0) is 0 Å². The van der Waals surface area contributed by atoms with Crippen molar-refractivity contribution in [2.45, 2.75) is 13.0 Å². The van der Waals surface area contributed by atoms with Crippen LogP contribution in [0, 0.1) is 5.82 Å². The van der Waals surface area contributed by atoms with E-state index in [1.807, 2.05) is 24.3 Å². The molecule has 0 unspecified atom stereocenters. The fraction of sp³-hybridized carbons (Fsp3) is 0.118. The highest BCUT2D eigenvalue weighted by molar-refractivity contribution is 5.84. The number of para-hydroxylation sites is 1. The topological polar surface area (TPSA) is 42.4 Å². The summed E-state index contributed by atoms with van der Waals surface area (Å²) in [6.07, 6.45) is 0.954. The number of halogens is 1. The van der Waals surface area contributed by atoms with Gasteiger partial charge < -0.3 is 9.84 Å². The average molecular weight is 283 g/mol. The fourth-order valence-corrected chi connectivity index (χ4v) is 2.14. The van der Waals surface area contributed by atoms with E-state index < -0.39 is 11.9 Å². The van der Waals surface area contributed by atoms with Gasteiger partial charge in [-0.2, -0.15) is 0 Å². The number of aliphatic hydroxyl groups is 1. The molecule has 1 atom stereocenters. The van der Waals surface area contributed by atoms with Crippen LogP contribution in [0.3, 0.4) is 0 Å². The van der Waals surface area contributed by atoms with Crippen LogP contribution >= 0.6 is 0 Å². The first kappa shape index (κ1) is 13.5. The van der Waals surface area contributed by atoms with Crippen molar-refractivity contribution in [1.82, 2.24) is 4.98 Å². The van der Waals surface area contributed by atoms with E-state index in [1.54, 1.807) is 25.3 Å². The molecule has 0 aliphatic heterocycles. The molecule has 4 heteroatoms. The Morgan fingerprint density at radius 1 is 1.10 bits per heavy atom. The molecule has 1 N–H and O–H groups in total. The lowest BCUT2D eigenvalue weighted by atomic mass is 10.1. The van der Waals surface area contributed by atoms with Gasteiger partial charge in [0.15, 0.2) is 17.3 Å². The smallest absolute Gasteiger partial charge is 0.166 e. The molecule has 106 valence electrons. The van der Waals surface area contributed by atoms with E-state index >= 15 is 0 Å². The van der Waals surface area contributed by atoms with Gasteiger partial charge in [-0.15, -0.1) is 0 Å².